The van der Waals surface area contributed by atoms with E-state index < -0.39 is 24.1 Å². The quantitative estimate of drug-likeness (QED) is 0.579. The highest BCUT2D eigenvalue weighted by Crippen LogP contribution is 2.44. The number of benzene rings is 2. The molecule has 0 aromatic heterocycles. The van der Waals surface area contributed by atoms with E-state index in [1.165, 1.54) is 0 Å². The Labute approximate surface area is 168 Å². The topological polar surface area (TPSA) is 123 Å². The van der Waals surface area contributed by atoms with Crippen molar-refractivity contribution in [2.24, 2.45) is 11.7 Å². The molecule has 3 rings (SSSR count). The molecule has 0 unspecified atom stereocenters. The van der Waals surface area contributed by atoms with E-state index in [1.807, 2.05) is 41.8 Å². The molecule has 1 atom stereocenters. The molecule has 0 aliphatic heterocycles. The Morgan fingerprint density at radius 1 is 0.966 bits per heavy atom. The lowest BCUT2D eigenvalue weighted by atomic mass is 9.98. The maximum Gasteiger partial charge on any atom is 0.407 e. The number of carbonyl (C=O) groups is 3. The van der Waals surface area contributed by atoms with Crippen LogP contribution in [0.1, 0.15) is 30.9 Å². The summed E-state index contributed by atoms with van der Waals surface area (Å²) in [5.41, 5.74) is 13.6. The summed E-state index contributed by atoms with van der Waals surface area (Å²) in [6, 6.07) is 14.3. The Morgan fingerprint density at radius 3 is 2.03 bits per heavy atom. The summed E-state index contributed by atoms with van der Waals surface area (Å²) >= 11 is 0. The van der Waals surface area contributed by atoms with Crippen molar-refractivity contribution in [3.63, 3.8) is 0 Å². The minimum Gasteiger partial charge on any atom is -0.449 e. The number of nitrogens with one attached hydrogen (secondary N) is 3. The fourth-order valence-electron chi connectivity index (χ4n) is 3.50. The molecule has 29 heavy (non-hydrogen) atoms. The van der Waals surface area contributed by atoms with Gasteiger partial charge in [-0.15, -0.1) is 0 Å². The number of amides is 4. The molecule has 0 fully saturated rings. The van der Waals surface area contributed by atoms with E-state index in [0.717, 1.165) is 22.3 Å². The smallest absolute Gasteiger partial charge is 0.407 e. The van der Waals surface area contributed by atoms with Crippen molar-refractivity contribution in [3.8, 4) is 11.1 Å². The number of hydrazine groups is 1. The van der Waals surface area contributed by atoms with Gasteiger partial charge in [-0.05, 0) is 28.2 Å². The predicted octanol–water partition coefficient (Wildman–Crippen LogP) is 2.25. The first-order valence-electron chi connectivity index (χ1n) is 9.35. The second kappa shape index (κ2) is 8.64. The zero-order valence-electron chi connectivity index (χ0n) is 16.3. The van der Waals surface area contributed by atoms with Crippen LogP contribution < -0.4 is 21.9 Å². The molecule has 0 spiro atoms. The molecule has 0 saturated heterocycles. The molecule has 0 saturated carbocycles. The van der Waals surface area contributed by atoms with Crippen molar-refractivity contribution in [3.05, 3.63) is 59.7 Å². The largest absolute Gasteiger partial charge is 0.449 e. The number of urea groups is 1. The van der Waals surface area contributed by atoms with Crippen LogP contribution in [0, 0.1) is 5.92 Å². The molecule has 8 heteroatoms. The van der Waals surface area contributed by atoms with Crippen LogP contribution in [0.15, 0.2) is 48.5 Å². The Hall–Kier alpha value is -3.55. The molecule has 0 heterocycles. The highest BCUT2D eigenvalue weighted by Gasteiger charge is 2.30. The van der Waals surface area contributed by atoms with Gasteiger partial charge in [0, 0.05) is 5.92 Å². The fourth-order valence-corrected chi connectivity index (χ4v) is 3.50. The normalized spacial score (nSPS) is 13.2. The van der Waals surface area contributed by atoms with Crippen molar-refractivity contribution >= 4 is 18.0 Å². The van der Waals surface area contributed by atoms with Crippen LogP contribution in [-0.4, -0.2) is 30.7 Å². The van der Waals surface area contributed by atoms with Crippen LogP contribution in [0.4, 0.5) is 9.59 Å². The fraction of sp³-hybridized carbons (Fsp3) is 0.286. The molecular weight excluding hydrogens is 372 g/mol. The summed E-state index contributed by atoms with van der Waals surface area (Å²) in [4.78, 5) is 35.3. The van der Waals surface area contributed by atoms with Gasteiger partial charge in [0.1, 0.15) is 12.6 Å². The van der Waals surface area contributed by atoms with Gasteiger partial charge >= 0.3 is 12.1 Å². The lowest BCUT2D eigenvalue weighted by Crippen LogP contribution is -2.55. The zero-order valence-corrected chi connectivity index (χ0v) is 16.3. The van der Waals surface area contributed by atoms with Gasteiger partial charge in [-0.2, -0.15) is 0 Å². The van der Waals surface area contributed by atoms with Gasteiger partial charge in [0.25, 0.3) is 5.91 Å². The van der Waals surface area contributed by atoms with E-state index in [4.69, 9.17) is 10.5 Å². The van der Waals surface area contributed by atoms with Crippen LogP contribution in [-0.2, 0) is 9.53 Å². The number of carbonyl (C=O) groups excluding carboxylic acids is 3. The van der Waals surface area contributed by atoms with Gasteiger partial charge in [0.15, 0.2) is 0 Å². The zero-order chi connectivity index (χ0) is 21.0. The lowest BCUT2D eigenvalue weighted by Gasteiger charge is -2.22. The van der Waals surface area contributed by atoms with Gasteiger partial charge < -0.3 is 15.8 Å². The predicted molar refractivity (Wildman–Crippen MR) is 108 cm³/mol. The summed E-state index contributed by atoms with van der Waals surface area (Å²) in [6.07, 6.45) is -0.709. The van der Waals surface area contributed by atoms with E-state index in [2.05, 4.69) is 22.9 Å². The molecule has 2 aromatic carbocycles. The second-order valence-electron chi connectivity index (χ2n) is 7.17. The average molecular weight is 396 g/mol. The summed E-state index contributed by atoms with van der Waals surface area (Å²) in [7, 11) is 0. The minimum absolute atomic E-state index is 0.0731. The van der Waals surface area contributed by atoms with Crippen LogP contribution in [0.3, 0.4) is 0 Å². The third kappa shape index (κ3) is 4.48. The van der Waals surface area contributed by atoms with Crippen molar-refractivity contribution in [1.29, 1.82) is 0 Å². The van der Waals surface area contributed by atoms with E-state index in [-0.39, 0.29) is 18.4 Å². The van der Waals surface area contributed by atoms with Crippen molar-refractivity contribution in [1.82, 2.24) is 16.2 Å². The number of fused-ring (bicyclic) bond motifs is 3. The lowest BCUT2D eigenvalue weighted by molar-refractivity contribution is -0.124. The SMILES string of the molecule is CC(C)[C@H](NC(=O)OCC1c2ccccc2-c2ccccc21)C(=O)NNC(N)=O. The van der Waals surface area contributed by atoms with Crippen molar-refractivity contribution in [2.45, 2.75) is 25.8 Å². The van der Waals surface area contributed by atoms with Gasteiger partial charge in [0.2, 0.25) is 0 Å². The van der Waals surface area contributed by atoms with E-state index in [0.29, 0.717) is 0 Å². The monoisotopic (exact) mass is 396 g/mol. The first-order valence-corrected chi connectivity index (χ1v) is 9.35. The molecule has 1 aliphatic rings. The van der Waals surface area contributed by atoms with Crippen molar-refractivity contribution in [2.75, 3.05) is 6.61 Å². The summed E-state index contributed by atoms with van der Waals surface area (Å²) < 4.78 is 5.45. The highest BCUT2D eigenvalue weighted by atomic mass is 16.5. The van der Waals surface area contributed by atoms with Crippen LogP contribution >= 0.6 is 0 Å². The molecular formula is C21H24N4O4. The molecule has 0 bridgehead atoms. The van der Waals surface area contributed by atoms with Crippen molar-refractivity contribution < 1.29 is 19.1 Å². The van der Waals surface area contributed by atoms with E-state index in [1.54, 1.807) is 13.8 Å². The minimum atomic E-state index is -0.901. The third-order valence-corrected chi connectivity index (χ3v) is 4.88. The first-order chi connectivity index (χ1) is 13.9. The molecule has 5 N–H and O–H groups in total. The number of hydrogen-bond donors (Lipinski definition) is 4. The number of rotatable bonds is 5. The molecule has 1 aliphatic carbocycles. The number of primary amides is 1. The molecule has 0 radical (unpaired) electrons. The van der Waals surface area contributed by atoms with Gasteiger partial charge in [0.05, 0.1) is 0 Å². The van der Waals surface area contributed by atoms with E-state index in [9.17, 15) is 14.4 Å². The van der Waals surface area contributed by atoms with Gasteiger partial charge in [-0.3, -0.25) is 10.2 Å². The Bertz CT molecular complexity index is 883. The molecule has 4 amide bonds. The number of ether oxygens (including phenoxy) is 1. The number of nitrogens with two attached hydrogens (primary N) is 1. The highest BCUT2D eigenvalue weighted by molar-refractivity contribution is 5.87. The maximum absolute atomic E-state index is 12.4. The first kappa shape index (κ1) is 20.2. The van der Waals surface area contributed by atoms with Gasteiger partial charge in [-0.25, -0.2) is 15.0 Å². The summed E-state index contributed by atoms with van der Waals surface area (Å²) in [5.74, 6) is -0.895. The maximum atomic E-state index is 12.4. The standard InChI is InChI=1S/C21H24N4O4/c1-12(2)18(19(26)24-25-20(22)27)23-21(28)29-11-17-15-9-5-3-7-13(15)14-8-4-6-10-16(14)17/h3-10,12,17-18H,11H2,1-2H3,(H,23,28)(H,24,26)(H3,22,25,27)/t18-/m0/s1. The second-order valence-corrected chi connectivity index (χ2v) is 7.17. The average Bonchev–Trinajstić information content (AvgIpc) is 3.02. The molecule has 152 valence electrons. The summed E-state index contributed by atoms with van der Waals surface area (Å²) in [5, 5.41) is 2.55. The molecule has 2 aromatic rings. The van der Waals surface area contributed by atoms with Crippen LogP contribution in [0.25, 0.3) is 11.1 Å². The van der Waals surface area contributed by atoms with Crippen LogP contribution in [0.2, 0.25) is 0 Å². The number of alkyl carbamates (subject to hydrolysis) is 1. The van der Waals surface area contributed by atoms with Gasteiger partial charge in [-0.1, -0.05) is 62.4 Å². The Balaban J connectivity index is 1.66. The van der Waals surface area contributed by atoms with Crippen LogP contribution in [0.5, 0.6) is 0 Å². The third-order valence-electron chi connectivity index (χ3n) is 4.88. The Kier molecular flexibility index (Phi) is 6.01. The van der Waals surface area contributed by atoms with E-state index >= 15 is 0 Å². The molecule has 8 nitrogen and oxygen atoms in total. The summed E-state index contributed by atoms with van der Waals surface area (Å²) in [6.45, 7) is 3.67. The Morgan fingerprint density at radius 2 is 1.52 bits per heavy atom. The number of hydrogen-bond acceptors (Lipinski definition) is 4.